The number of imidazole rings is 1. The minimum atomic E-state index is -0.122. The van der Waals surface area contributed by atoms with Crippen LogP contribution in [0, 0.1) is 5.92 Å². The van der Waals surface area contributed by atoms with E-state index in [2.05, 4.69) is 15.3 Å². The molecule has 3 atom stereocenters. The lowest BCUT2D eigenvalue weighted by molar-refractivity contribution is -0.123. The molecule has 1 aromatic carbocycles. The Balaban J connectivity index is 1.39. The third kappa shape index (κ3) is 3.47. The maximum atomic E-state index is 12.6. The first-order valence-electron chi connectivity index (χ1n) is 9.00. The molecular weight excluding hydrogens is 360 g/mol. The number of para-hydroxylation sites is 2. The number of nitrogens with zero attached hydrogens (tertiary/aromatic N) is 2. The second kappa shape index (κ2) is 6.81. The second-order valence-corrected chi connectivity index (χ2v) is 8.34. The second-order valence-electron chi connectivity index (χ2n) is 7.22. The largest absolute Gasteiger partial charge is 0.349 e. The summed E-state index contributed by atoms with van der Waals surface area (Å²) in [5.74, 6) is 1.02. The lowest BCUT2D eigenvalue weighted by Gasteiger charge is -2.12. The molecule has 7 heteroatoms. The van der Waals surface area contributed by atoms with Gasteiger partial charge in [0.2, 0.25) is 5.91 Å². The number of carbonyl (C=O) groups is 2. The lowest BCUT2D eigenvalue weighted by Crippen LogP contribution is -2.28. The zero-order valence-electron chi connectivity index (χ0n) is 15.5. The van der Waals surface area contributed by atoms with Gasteiger partial charge in [0, 0.05) is 30.8 Å². The van der Waals surface area contributed by atoms with Crippen LogP contribution >= 0.6 is 11.3 Å². The number of fused-ring (bicyclic) bond motifs is 1. The minimum Gasteiger partial charge on any atom is -0.349 e. The Labute approximate surface area is 161 Å². The molecule has 0 spiro atoms. The third-order valence-electron chi connectivity index (χ3n) is 4.92. The van der Waals surface area contributed by atoms with Crippen LogP contribution in [0.5, 0.6) is 0 Å². The summed E-state index contributed by atoms with van der Waals surface area (Å²) < 4.78 is 0. The van der Waals surface area contributed by atoms with Gasteiger partial charge in [-0.3, -0.25) is 9.59 Å². The van der Waals surface area contributed by atoms with Gasteiger partial charge in [0.25, 0.3) is 5.91 Å². The summed E-state index contributed by atoms with van der Waals surface area (Å²) in [7, 11) is 3.47. The molecule has 3 aromatic rings. The van der Waals surface area contributed by atoms with Crippen LogP contribution in [-0.2, 0) is 4.79 Å². The van der Waals surface area contributed by atoms with Gasteiger partial charge in [-0.05, 0) is 37.6 Å². The molecule has 140 valence electrons. The first kappa shape index (κ1) is 17.7. The predicted octanol–water partition coefficient (Wildman–Crippen LogP) is 3.31. The molecule has 0 radical (unpaired) electrons. The van der Waals surface area contributed by atoms with Crippen LogP contribution < -0.4 is 5.32 Å². The van der Waals surface area contributed by atoms with E-state index in [1.807, 2.05) is 43.3 Å². The van der Waals surface area contributed by atoms with Crippen molar-refractivity contribution < 1.29 is 9.59 Å². The van der Waals surface area contributed by atoms with E-state index in [0.717, 1.165) is 28.2 Å². The van der Waals surface area contributed by atoms with E-state index in [4.69, 9.17) is 0 Å². The standard InChI is InChI=1S/C20H22N4O2S/c1-11(16-8-9-17(27-16)20(26)24(2)3)21-19(25)13-10-12(13)18-22-14-6-4-5-7-15(14)23-18/h4-9,11-13H,10H2,1-3H3,(H,21,25)(H,22,23)/t11-,12+,13+/m1/s1. The van der Waals surface area contributed by atoms with Gasteiger partial charge in [0.1, 0.15) is 5.82 Å². The smallest absolute Gasteiger partial charge is 0.263 e. The maximum Gasteiger partial charge on any atom is 0.263 e. The third-order valence-corrected chi connectivity index (χ3v) is 6.17. The summed E-state index contributed by atoms with van der Waals surface area (Å²) in [6.07, 6.45) is 0.813. The Bertz CT molecular complexity index is 973. The normalized spacial score (nSPS) is 19.7. The molecule has 0 aliphatic heterocycles. The number of aromatic nitrogens is 2. The number of nitrogens with one attached hydrogen (secondary N) is 2. The van der Waals surface area contributed by atoms with E-state index >= 15 is 0 Å². The molecule has 0 bridgehead atoms. The monoisotopic (exact) mass is 382 g/mol. The van der Waals surface area contributed by atoms with E-state index in [9.17, 15) is 9.59 Å². The molecule has 1 fully saturated rings. The molecular formula is C20H22N4O2S. The van der Waals surface area contributed by atoms with Gasteiger partial charge in [-0.1, -0.05) is 12.1 Å². The Morgan fingerprint density at radius 3 is 2.78 bits per heavy atom. The Morgan fingerprint density at radius 1 is 1.26 bits per heavy atom. The van der Waals surface area contributed by atoms with Crippen LogP contribution in [0.25, 0.3) is 11.0 Å². The van der Waals surface area contributed by atoms with E-state index < -0.39 is 0 Å². The fraction of sp³-hybridized carbons (Fsp3) is 0.350. The summed E-state index contributed by atoms with van der Waals surface area (Å²) in [6, 6.07) is 11.5. The summed E-state index contributed by atoms with van der Waals surface area (Å²) in [5.41, 5.74) is 1.94. The van der Waals surface area contributed by atoms with Gasteiger partial charge in [-0.25, -0.2) is 4.98 Å². The summed E-state index contributed by atoms with van der Waals surface area (Å²) >= 11 is 1.43. The van der Waals surface area contributed by atoms with Crippen molar-refractivity contribution in [2.75, 3.05) is 14.1 Å². The molecule has 2 N–H and O–H groups in total. The maximum absolute atomic E-state index is 12.6. The van der Waals surface area contributed by atoms with Crippen molar-refractivity contribution in [2.45, 2.75) is 25.3 Å². The Hall–Kier alpha value is -2.67. The molecule has 1 aliphatic rings. The average molecular weight is 382 g/mol. The fourth-order valence-corrected chi connectivity index (χ4v) is 4.28. The van der Waals surface area contributed by atoms with Crippen molar-refractivity contribution in [1.82, 2.24) is 20.2 Å². The molecule has 4 rings (SSSR count). The quantitative estimate of drug-likeness (QED) is 0.711. The SMILES string of the molecule is C[C@@H](NC(=O)[C@H]1C[C@@H]1c1nc2ccccc2[nH]1)c1ccc(C(=O)N(C)C)s1. The van der Waals surface area contributed by atoms with E-state index in [0.29, 0.717) is 4.88 Å². The first-order valence-corrected chi connectivity index (χ1v) is 9.82. The van der Waals surface area contributed by atoms with Crippen molar-refractivity contribution in [1.29, 1.82) is 0 Å². The van der Waals surface area contributed by atoms with Crippen LogP contribution in [0.2, 0.25) is 0 Å². The topological polar surface area (TPSA) is 78.1 Å². The molecule has 2 amide bonds. The van der Waals surface area contributed by atoms with Crippen LogP contribution in [0.1, 0.15) is 45.7 Å². The fourth-order valence-electron chi connectivity index (χ4n) is 3.25. The number of hydrogen-bond donors (Lipinski definition) is 2. The average Bonchev–Trinajstić information content (AvgIpc) is 3.11. The summed E-state index contributed by atoms with van der Waals surface area (Å²) in [5, 5.41) is 3.08. The van der Waals surface area contributed by atoms with Gasteiger partial charge in [0.15, 0.2) is 0 Å². The molecule has 6 nitrogen and oxygen atoms in total. The zero-order chi connectivity index (χ0) is 19.1. The van der Waals surface area contributed by atoms with E-state index in [1.54, 1.807) is 19.0 Å². The number of hydrogen-bond acceptors (Lipinski definition) is 4. The van der Waals surface area contributed by atoms with Crippen LogP contribution in [0.3, 0.4) is 0 Å². The van der Waals surface area contributed by atoms with Crippen molar-refractivity contribution >= 4 is 34.2 Å². The molecule has 1 aliphatic carbocycles. The van der Waals surface area contributed by atoms with Gasteiger partial charge in [0.05, 0.1) is 22.0 Å². The summed E-state index contributed by atoms with van der Waals surface area (Å²) in [4.78, 5) is 35.8. The van der Waals surface area contributed by atoms with Gasteiger partial charge in [-0.2, -0.15) is 0 Å². The predicted molar refractivity (Wildman–Crippen MR) is 106 cm³/mol. The lowest BCUT2D eigenvalue weighted by atomic mass is 10.2. The number of thiophene rings is 1. The number of aromatic amines is 1. The van der Waals surface area contributed by atoms with E-state index in [1.165, 1.54) is 11.3 Å². The zero-order valence-corrected chi connectivity index (χ0v) is 16.3. The van der Waals surface area contributed by atoms with Crippen LogP contribution in [-0.4, -0.2) is 40.8 Å². The highest BCUT2D eigenvalue weighted by atomic mass is 32.1. The summed E-state index contributed by atoms with van der Waals surface area (Å²) in [6.45, 7) is 1.95. The number of H-pyrrole nitrogens is 1. The molecule has 1 saturated carbocycles. The molecule has 2 heterocycles. The highest BCUT2D eigenvalue weighted by Crippen LogP contribution is 2.47. The number of carbonyl (C=O) groups excluding carboxylic acids is 2. The van der Waals surface area contributed by atoms with Crippen molar-refractivity contribution in [3.8, 4) is 0 Å². The first-order chi connectivity index (χ1) is 12.9. The number of benzene rings is 1. The van der Waals surface area contributed by atoms with Crippen molar-refractivity contribution in [3.05, 3.63) is 52.0 Å². The van der Waals surface area contributed by atoms with Gasteiger partial charge >= 0.3 is 0 Å². The van der Waals surface area contributed by atoms with Gasteiger partial charge < -0.3 is 15.2 Å². The number of rotatable bonds is 5. The van der Waals surface area contributed by atoms with Gasteiger partial charge in [-0.15, -0.1) is 11.3 Å². The number of amides is 2. The highest BCUT2D eigenvalue weighted by molar-refractivity contribution is 7.14. The van der Waals surface area contributed by atoms with Crippen molar-refractivity contribution in [2.24, 2.45) is 5.92 Å². The molecule has 27 heavy (non-hydrogen) atoms. The van der Waals surface area contributed by atoms with Crippen LogP contribution in [0.4, 0.5) is 0 Å². The van der Waals surface area contributed by atoms with E-state index in [-0.39, 0.29) is 29.7 Å². The Morgan fingerprint density at radius 2 is 2.04 bits per heavy atom. The highest BCUT2D eigenvalue weighted by Gasteiger charge is 2.46. The van der Waals surface area contributed by atoms with Crippen molar-refractivity contribution in [3.63, 3.8) is 0 Å². The molecule has 0 unspecified atom stereocenters. The van der Waals surface area contributed by atoms with Crippen LogP contribution in [0.15, 0.2) is 36.4 Å². The molecule has 0 saturated heterocycles. The Kier molecular flexibility index (Phi) is 4.47. The molecule has 2 aromatic heterocycles. The minimum absolute atomic E-state index is 0.0167.